The summed E-state index contributed by atoms with van der Waals surface area (Å²) in [4.78, 5) is 32.0. The van der Waals surface area contributed by atoms with Gasteiger partial charge in [-0.3, -0.25) is 9.59 Å². The summed E-state index contributed by atoms with van der Waals surface area (Å²) in [5, 5.41) is 10.7. The van der Waals surface area contributed by atoms with Gasteiger partial charge < -0.3 is 15.6 Å². The highest BCUT2D eigenvalue weighted by atomic mass is 32.1. The van der Waals surface area contributed by atoms with Crippen molar-refractivity contribution in [2.75, 3.05) is 10.6 Å². The van der Waals surface area contributed by atoms with Gasteiger partial charge in [-0.25, -0.2) is 4.98 Å². The third-order valence-corrected chi connectivity index (χ3v) is 5.85. The molecule has 1 aliphatic rings. The monoisotopic (exact) mass is 416 g/mol. The van der Waals surface area contributed by atoms with Gasteiger partial charge in [0, 0.05) is 22.9 Å². The van der Waals surface area contributed by atoms with Crippen molar-refractivity contribution in [3.63, 3.8) is 0 Å². The Kier molecular flexibility index (Phi) is 4.80. The molecule has 3 aromatic heterocycles. The van der Waals surface area contributed by atoms with Crippen LogP contribution in [0.4, 0.5) is 11.5 Å². The quantitative estimate of drug-likeness (QED) is 0.421. The van der Waals surface area contributed by atoms with Crippen molar-refractivity contribution >= 4 is 45.7 Å². The molecule has 6 nitrogen and oxygen atoms in total. The minimum Gasteiger partial charge on any atom is -0.346 e. The van der Waals surface area contributed by atoms with E-state index in [2.05, 4.69) is 20.6 Å². The van der Waals surface area contributed by atoms with Crippen LogP contribution < -0.4 is 10.6 Å². The van der Waals surface area contributed by atoms with E-state index in [1.54, 1.807) is 11.3 Å². The zero-order valence-electron chi connectivity index (χ0n) is 16.1. The van der Waals surface area contributed by atoms with Crippen molar-refractivity contribution in [2.24, 2.45) is 5.92 Å². The molecule has 1 aliphatic carbocycles. The predicted octanol–water partition coefficient (Wildman–Crippen LogP) is 4.82. The van der Waals surface area contributed by atoms with E-state index < -0.39 is 0 Å². The molecule has 3 N–H and O–H groups in total. The largest absolute Gasteiger partial charge is 0.346 e. The summed E-state index contributed by atoms with van der Waals surface area (Å²) in [5.74, 6) is 0.666. The van der Waals surface area contributed by atoms with Gasteiger partial charge in [-0.1, -0.05) is 24.3 Å². The lowest BCUT2D eigenvalue weighted by atomic mass is 10.0. The molecule has 1 fully saturated rings. The number of pyridine rings is 1. The maximum atomic E-state index is 12.2. The molecule has 0 spiro atoms. The average Bonchev–Trinajstić information content (AvgIpc) is 3.27. The highest BCUT2D eigenvalue weighted by molar-refractivity contribution is 7.08. The van der Waals surface area contributed by atoms with Crippen LogP contribution in [0.3, 0.4) is 0 Å². The lowest BCUT2D eigenvalue weighted by Crippen LogP contribution is -2.14. The number of carbonyl (C=O) groups is 2. The topological polar surface area (TPSA) is 86.9 Å². The molecule has 3 heterocycles. The maximum absolute atomic E-state index is 12.2. The zero-order valence-corrected chi connectivity index (χ0v) is 17.0. The fourth-order valence-electron chi connectivity index (χ4n) is 3.44. The summed E-state index contributed by atoms with van der Waals surface area (Å²) in [7, 11) is 0. The van der Waals surface area contributed by atoms with E-state index in [-0.39, 0.29) is 17.7 Å². The summed E-state index contributed by atoms with van der Waals surface area (Å²) < 4.78 is 0. The number of amides is 2. The van der Waals surface area contributed by atoms with E-state index in [1.807, 2.05) is 59.4 Å². The van der Waals surface area contributed by atoms with Crippen molar-refractivity contribution in [3.8, 4) is 11.1 Å². The van der Waals surface area contributed by atoms with Gasteiger partial charge in [-0.15, -0.1) is 0 Å². The normalized spacial score (nSPS) is 13.3. The van der Waals surface area contributed by atoms with Crippen molar-refractivity contribution in [3.05, 3.63) is 65.0 Å². The molecule has 1 saturated carbocycles. The van der Waals surface area contributed by atoms with Crippen LogP contribution in [0.15, 0.2) is 59.4 Å². The molecule has 7 heteroatoms. The van der Waals surface area contributed by atoms with Crippen LogP contribution in [0.1, 0.15) is 18.4 Å². The Balaban J connectivity index is 1.37. The Morgan fingerprint density at radius 1 is 1.10 bits per heavy atom. The summed E-state index contributed by atoms with van der Waals surface area (Å²) in [6.07, 6.45) is 4.06. The second-order valence-corrected chi connectivity index (χ2v) is 8.27. The molecule has 4 aromatic rings. The summed E-state index contributed by atoms with van der Waals surface area (Å²) in [5.41, 5.74) is 4.49. The van der Waals surface area contributed by atoms with E-state index in [9.17, 15) is 9.59 Å². The van der Waals surface area contributed by atoms with Crippen molar-refractivity contribution in [1.29, 1.82) is 0 Å². The van der Waals surface area contributed by atoms with Crippen LogP contribution in [0.5, 0.6) is 0 Å². The molecule has 0 bridgehead atoms. The Labute approximate surface area is 177 Å². The average molecular weight is 417 g/mol. The SMILES string of the molecule is O=C(Cc1ccc(-c2cc(NC(=O)C3CC3)nc3[nH]ccc23)cc1)Nc1ccsc1. The van der Waals surface area contributed by atoms with Gasteiger partial charge in [0.15, 0.2) is 0 Å². The minimum absolute atomic E-state index is 0.0336. The summed E-state index contributed by atoms with van der Waals surface area (Å²) >= 11 is 1.55. The van der Waals surface area contributed by atoms with Crippen molar-refractivity contribution < 1.29 is 9.59 Å². The number of aromatic nitrogens is 2. The zero-order chi connectivity index (χ0) is 20.5. The van der Waals surface area contributed by atoms with Crippen LogP contribution in [-0.4, -0.2) is 21.8 Å². The molecule has 0 saturated heterocycles. The highest BCUT2D eigenvalue weighted by Crippen LogP contribution is 2.33. The first-order chi connectivity index (χ1) is 14.7. The number of nitrogens with one attached hydrogen (secondary N) is 3. The van der Waals surface area contributed by atoms with Gasteiger partial charge in [-0.2, -0.15) is 11.3 Å². The Bertz CT molecular complexity index is 1210. The third-order valence-electron chi connectivity index (χ3n) is 5.16. The van der Waals surface area contributed by atoms with Crippen LogP contribution in [0, 0.1) is 5.92 Å². The van der Waals surface area contributed by atoms with E-state index in [0.717, 1.165) is 46.3 Å². The lowest BCUT2D eigenvalue weighted by Gasteiger charge is -2.10. The van der Waals surface area contributed by atoms with E-state index in [1.165, 1.54) is 0 Å². The molecular formula is C23H20N4O2S. The van der Waals surface area contributed by atoms with E-state index in [0.29, 0.717) is 12.2 Å². The fraction of sp³-hybridized carbons (Fsp3) is 0.174. The highest BCUT2D eigenvalue weighted by Gasteiger charge is 2.30. The lowest BCUT2D eigenvalue weighted by molar-refractivity contribution is -0.117. The van der Waals surface area contributed by atoms with Gasteiger partial charge in [0.25, 0.3) is 0 Å². The standard InChI is InChI=1S/C23H20N4O2S/c28-21(25-17-8-10-30-13-17)11-14-1-3-15(4-2-14)19-12-20(27-23(29)16-5-6-16)26-22-18(19)7-9-24-22/h1-4,7-10,12-13,16H,5-6,11H2,(H,25,28)(H2,24,26,27,29). The Morgan fingerprint density at radius 2 is 1.93 bits per heavy atom. The first-order valence-corrected chi connectivity index (χ1v) is 10.8. The van der Waals surface area contributed by atoms with E-state index in [4.69, 9.17) is 0 Å². The number of nitrogens with zero attached hydrogens (tertiary/aromatic N) is 1. The van der Waals surface area contributed by atoms with Gasteiger partial charge in [-0.05, 0) is 53.1 Å². The molecule has 5 rings (SSSR count). The van der Waals surface area contributed by atoms with Crippen LogP contribution in [0.2, 0.25) is 0 Å². The number of thiophene rings is 1. The maximum Gasteiger partial charge on any atom is 0.228 e. The number of hydrogen-bond acceptors (Lipinski definition) is 4. The molecule has 30 heavy (non-hydrogen) atoms. The number of aromatic amines is 1. The second-order valence-electron chi connectivity index (χ2n) is 7.49. The first kappa shape index (κ1) is 18.6. The number of benzene rings is 1. The molecule has 2 amide bonds. The summed E-state index contributed by atoms with van der Waals surface area (Å²) in [6, 6.07) is 13.7. The summed E-state index contributed by atoms with van der Waals surface area (Å²) in [6.45, 7) is 0. The molecule has 150 valence electrons. The molecule has 1 aromatic carbocycles. The number of carbonyl (C=O) groups excluding carboxylic acids is 2. The molecule has 0 aliphatic heterocycles. The molecule has 0 atom stereocenters. The number of fused-ring (bicyclic) bond motifs is 1. The number of anilines is 2. The third kappa shape index (κ3) is 3.97. The van der Waals surface area contributed by atoms with Gasteiger partial charge in [0.05, 0.1) is 12.1 Å². The number of rotatable bonds is 6. The van der Waals surface area contributed by atoms with E-state index >= 15 is 0 Å². The minimum atomic E-state index is -0.0387. The predicted molar refractivity (Wildman–Crippen MR) is 120 cm³/mol. The van der Waals surface area contributed by atoms with Gasteiger partial charge in [0.2, 0.25) is 11.8 Å². The first-order valence-electron chi connectivity index (χ1n) is 9.86. The fourth-order valence-corrected chi connectivity index (χ4v) is 4.03. The number of hydrogen-bond donors (Lipinski definition) is 3. The molecular weight excluding hydrogens is 396 g/mol. The molecule has 0 radical (unpaired) electrons. The Hall–Kier alpha value is -3.45. The van der Waals surface area contributed by atoms with Crippen molar-refractivity contribution in [1.82, 2.24) is 9.97 Å². The molecule has 0 unspecified atom stereocenters. The Morgan fingerprint density at radius 3 is 2.67 bits per heavy atom. The van der Waals surface area contributed by atoms with Crippen LogP contribution in [0.25, 0.3) is 22.2 Å². The van der Waals surface area contributed by atoms with Gasteiger partial charge in [0.1, 0.15) is 11.5 Å². The van der Waals surface area contributed by atoms with Crippen molar-refractivity contribution in [2.45, 2.75) is 19.3 Å². The van der Waals surface area contributed by atoms with Crippen LogP contribution >= 0.6 is 11.3 Å². The number of H-pyrrole nitrogens is 1. The smallest absolute Gasteiger partial charge is 0.228 e. The van der Waals surface area contributed by atoms with Crippen LogP contribution in [-0.2, 0) is 16.0 Å². The second kappa shape index (κ2) is 7.76. The van der Waals surface area contributed by atoms with Gasteiger partial charge >= 0.3 is 0 Å².